The molecule has 12 heavy (non-hydrogen) atoms. The maximum Gasteiger partial charge on any atom is 0.459 e. The first kappa shape index (κ1) is 14.8. The molecule has 1 heterocycles. The number of hydrogen-bond donors (Lipinski definition) is 0. The minimum atomic E-state index is -4.10. The molecule has 0 N–H and O–H groups in total. The summed E-state index contributed by atoms with van der Waals surface area (Å²) in [5, 5.41) is 0. The molecule has 0 aromatic heterocycles. The smallest absolute Gasteiger partial charge is 0.214 e. The Bertz CT molecular complexity index is 112. The van der Waals surface area contributed by atoms with Gasteiger partial charge in [-0.3, -0.25) is 0 Å². The van der Waals surface area contributed by atoms with Crippen molar-refractivity contribution in [2.24, 2.45) is 0 Å². The lowest BCUT2D eigenvalue weighted by Crippen LogP contribution is -2.41. The van der Waals surface area contributed by atoms with Gasteiger partial charge in [-0.25, -0.2) is 4.90 Å². The number of hydrogen-bond acceptors (Lipinski definition) is 1. The number of likely N-dealkylation sites (tertiary alicyclic amines) is 1. The van der Waals surface area contributed by atoms with E-state index in [1.54, 1.807) is 0 Å². The van der Waals surface area contributed by atoms with Crippen LogP contribution in [-0.2, 0) is 0 Å². The molecule has 1 aliphatic heterocycles. The van der Waals surface area contributed by atoms with Crippen LogP contribution >= 0.6 is 24.8 Å². The maximum atomic E-state index is 11.9. The molecule has 76 valence electrons. The fraction of sp³-hybridized carbons (Fsp3) is 1.00. The minimum Gasteiger partial charge on any atom is -0.214 e. The molecule has 1 nitrogen and oxygen atoms in total. The molecule has 0 aromatic carbocycles. The Hall–Kier alpha value is 0.330. The predicted octanol–water partition coefficient (Wildman–Crippen LogP) is 2.84. The highest BCUT2D eigenvalue weighted by Gasteiger charge is 2.37. The number of nitrogens with zero attached hydrogens (tertiary/aromatic N) is 1. The summed E-state index contributed by atoms with van der Waals surface area (Å²) in [5.74, 6) is 0. The van der Waals surface area contributed by atoms with Crippen molar-refractivity contribution in [3.05, 3.63) is 0 Å². The van der Waals surface area contributed by atoms with Gasteiger partial charge < -0.3 is 0 Å². The van der Waals surface area contributed by atoms with Crippen LogP contribution in [0.15, 0.2) is 0 Å². The number of alkyl halides is 3. The third-order valence-electron chi connectivity index (χ3n) is 1.71. The zero-order chi connectivity index (χ0) is 7.61. The second-order valence-corrected chi connectivity index (χ2v) is 2.52. The van der Waals surface area contributed by atoms with Gasteiger partial charge in [-0.2, -0.15) is 13.2 Å². The molecule has 0 unspecified atom stereocenters. The van der Waals surface area contributed by atoms with Crippen molar-refractivity contribution in [3.8, 4) is 0 Å². The van der Waals surface area contributed by atoms with Crippen molar-refractivity contribution < 1.29 is 13.2 Å². The Morgan fingerprint density at radius 2 is 1.25 bits per heavy atom. The number of piperidine rings is 1. The van der Waals surface area contributed by atoms with Crippen LogP contribution in [0.1, 0.15) is 19.3 Å². The second-order valence-electron chi connectivity index (χ2n) is 2.52. The average Bonchev–Trinajstić information content (AvgIpc) is 1.88. The summed E-state index contributed by atoms with van der Waals surface area (Å²) in [5.41, 5.74) is 0. The molecule has 1 aliphatic rings. The van der Waals surface area contributed by atoms with E-state index in [0.29, 0.717) is 17.7 Å². The normalized spacial score (nSPS) is 19.2. The average molecular weight is 226 g/mol. The molecule has 6 heteroatoms. The fourth-order valence-corrected chi connectivity index (χ4v) is 1.15. The first-order valence-electron chi connectivity index (χ1n) is 3.42. The van der Waals surface area contributed by atoms with Crippen LogP contribution in [0.5, 0.6) is 0 Å². The topological polar surface area (TPSA) is 3.24 Å². The van der Waals surface area contributed by atoms with Gasteiger partial charge >= 0.3 is 6.30 Å². The molecular weight excluding hydrogens is 214 g/mol. The summed E-state index contributed by atoms with van der Waals surface area (Å²) in [6.07, 6.45) is -1.80. The van der Waals surface area contributed by atoms with Crippen LogP contribution in [0.3, 0.4) is 0 Å². The summed E-state index contributed by atoms with van der Waals surface area (Å²) >= 11 is 0. The van der Waals surface area contributed by atoms with Crippen LogP contribution in [0.25, 0.3) is 0 Å². The Morgan fingerprint density at radius 3 is 1.50 bits per heavy atom. The molecule has 0 saturated carbocycles. The molecule has 1 rings (SSSR count). The molecule has 0 amide bonds. The molecule has 0 bridgehead atoms. The van der Waals surface area contributed by atoms with E-state index in [0.717, 1.165) is 6.42 Å². The fourth-order valence-electron chi connectivity index (χ4n) is 1.15. The Labute approximate surface area is 82.1 Å². The van der Waals surface area contributed by atoms with E-state index in [2.05, 4.69) is 0 Å². The van der Waals surface area contributed by atoms with Gasteiger partial charge in [0.25, 0.3) is 0 Å². The number of halogens is 5. The molecule has 0 spiro atoms. The van der Waals surface area contributed by atoms with Crippen molar-refractivity contribution in [1.82, 2.24) is 4.90 Å². The zero-order valence-electron chi connectivity index (χ0n) is 6.43. The molecule has 1 fully saturated rings. The van der Waals surface area contributed by atoms with E-state index in [9.17, 15) is 13.2 Å². The van der Waals surface area contributed by atoms with E-state index in [1.807, 2.05) is 0 Å². The predicted molar refractivity (Wildman–Crippen MR) is 46.0 cm³/mol. The summed E-state index contributed by atoms with van der Waals surface area (Å²) in [6, 6.07) is 0. The molecule has 0 atom stereocenters. The molecule has 0 radical (unpaired) electrons. The Kier molecular flexibility index (Phi) is 7.28. The van der Waals surface area contributed by atoms with Gasteiger partial charge in [0.15, 0.2) is 0 Å². The standard InChI is InChI=1S/C6H10F3N.2ClH/c7-6(8,9)10-4-2-1-3-5-10;;/h1-5H2;2*1H. The number of rotatable bonds is 0. The SMILES string of the molecule is Cl.Cl.FC(F)(F)N1CCCCC1. The van der Waals surface area contributed by atoms with Crippen LogP contribution in [0.2, 0.25) is 0 Å². The second kappa shape index (κ2) is 5.89. The van der Waals surface area contributed by atoms with E-state index in [1.165, 1.54) is 0 Å². The summed E-state index contributed by atoms with van der Waals surface area (Å²) in [6.45, 7) is 0.368. The molecule has 0 aromatic rings. The monoisotopic (exact) mass is 225 g/mol. The lowest BCUT2D eigenvalue weighted by atomic mass is 10.1. The summed E-state index contributed by atoms with van der Waals surface area (Å²) in [4.78, 5) is 0.580. The largest absolute Gasteiger partial charge is 0.459 e. The van der Waals surface area contributed by atoms with Gasteiger partial charge in [-0.15, -0.1) is 24.8 Å². The van der Waals surface area contributed by atoms with Crippen LogP contribution < -0.4 is 0 Å². The van der Waals surface area contributed by atoms with Crippen molar-refractivity contribution in [3.63, 3.8) is 0 Å². The molecule has 1 saturated heterocycles. The zero-order valence-corrected chi connectivity index (χ0v) is 8.07. The highest BCUT2D eigenvalue weighted by molar-refractivity contribution is 5.85. The Morgan fingerprint density at radius 1 is 0.833 bits per heavy atom. The van der Waals surface area contributed by atoms with Gasteiger partial charge in [0, 0.05) is 13.1 Å². The molecular formula is C6H12Cl2F3N. The first-order chi connectivity index (χ1) is 4.61. The lowest BCUT2D eigenvalue weighted by molar-refractivity contribution is -0.249. The van der Waals surface area contributed by atoms with Crippen LogP contribution in [0.4, 0.5) is 13.2 Å². The van der Waals surface area contributed by atoms with Gasteiger partial charge in [0.05, 0.1) is 0 Å². The van der Waals surface area contributed by atoms with E-state index in [-0.39, 0.29) is 37.9 Å². The quantitative estimate of drug-likeness (QED) is 0.574. The third-order valence-corrected chi connectivity index (χ3v) is 1.71. The van der Waals surface area contributed by atoms with Gasteiger partial charge in [-0.05, 0) is 12.8 Å². The van der Waals surface area contributed by atoms with E-state index >= 15 is 0 Å². The summed E-state index contributed by atoms with van der Waals surface area (Å²) < 4.78 is 35.6. The maximum absolute atomic E-state index is 11.9. The van der Waals surface area contributed by atoms with Crippen molar-refractivity contribution >= 4 is 24.8 Å². The Balaban J connectivity index is 0. The van der Waals surface area contributed by atoms with Crippen LogP contribution in [-0.4, -0.2) is 24.3 Å². The van der Waals surface area contributed by atoms with Crippen LogP contribution in [0, 0.1) is 0 Å². The highest BCUT2D eigenvalue weighted by atomic mass is 35.5. The van der Waals surface area contributed by atoms with Crippen molar-refractivity contribution in [1.29, 1.82) is 0 Å². The van der Waals surface area contributed by atoms with E-state index in [4.69, 9.17) is 0 Å². The highest BCUT2D eigenvalue weighted by Crippen LogP contribution is 2.24. The van der Waals surface area contributed by atoms with Crippen molar-refractivity contribution in [2.75, 3.05) is 13.1 Å². The molecule has 0 aliphatic carbocycles. The van der Waals surface area contributed by atoms with Gasteiger partial charge in [0.2, 0.25) is 0 Å². The van der Waals surface area contributed by atoms with Gasteiger partial charge in [0.1, 0.15) is 0 Å². The van der Waals surface area contributed by atoms with Crippen molar-refractivity contribution in [2.45, 2.75) is 25.6 Å². The third kappa shape index (κ3) is 4.38. The van der Waals surface area contributed by atoms with Gasteiger partial charge in [-0.1, -0.05) is 6.42 Å². The van der Waals surface area contributed by atoms with E-state index < -0.39 is 6.30 Å². The lowest BCUT2D eigenvalue weighted by Gasteiger charge is -2.27. The summed E-state index contributed by atoms with van der Waals surface area (Å²) in [7, 11) is 0. The minimum absolute atomic E-state index is 0. The first-order valence-corrected chi connectivity index (χ1v) is 3.42.